The molecule has 0 saturated carbocycles. The summed E-state index contributed by atoms with van der Waals surface area (Å²) >= 11 is 0. The van der Waals surface area contributed by atoms with E-state index in [4.69, 9.17) is 56.0 Å². The highest BCUT2D eigenvalue weighted by Gasteiger charge is 2.47. The highest BCUT2D eigenvalue weighted by molar-refractivity contribution is 7.44. The third-order valence-corrected chi connectivity index (χ3v) is 21.8. The molecular weight excluding hydrogens is 1370 g/mol. The van der Waals surface area contributed by atoms with Crippen LogP contribution in [0.5, 0.6) is 11.5 Å². The first-order chi connectivity index (χ1) is 50.6. The molecule has 5 heterocycles. The van der Waals surface area contributed by atoms with Crippen LogP contribution in [0.15, 0.2) is 180 Å². The predicted molar refractivity (Wildman–Crippen MR) is 388 cm³/mol. The molecule has 2 fully saturated rings. The molecule has 0 radical (unpaired) electrons. The van der Waals surface area contributed by atoms with Crippen LogP contribution in [0, 0.1) is 29.6 Å². The molecule has 0 bridgehead atoms. The first-order valence-corrected chi connectivity index (χ1v) is 36.7. The van der Waals surface area contributed by atoms with E-state index in [0.29, 0.717) is 29.1 Å². The normalized spacial score (nSPS) is 18.5. The molecule has 27 heteroatoms. The van der Waals surface area contributed by atoms with Gasteiger partial charge in [-0.25, -0.2) is 24.4 Å². The molecule has 12 rings (SSSR count). The fourth-order valence-electron chi connectivity index (χ4n) is 13.4. The average Bonchev–Trinajstić information content (AvgIpc) is 0.939. The Morgan fingerprint density at radius 2 is 1.26 bits per heavy atom. The van der Waals surface area contributed by atoms with Crippen LogP contribution in [0.4, 0.5) is 5.82 Å². The first kappa shape index (κ1) is 74.3. The number of hydrogen-bond acceptors (Lipinski definition) is 21. The number of fused-ring (bicyclic) bond motifs is 4. The molecule has 6 aromatic carbocycles. The fraction of sp³-hybridized carbons (Fsp3) is 0.364. The molecular formula is C77H82N10O15P2. The van der Waals surface area contributed by atoms with Crippen LogP contribution >= 0.6 is 17.1 Å². The molecule has 8 unspecified atom stereocenters. The van der Waals surface area contributed by atoms with Crippen molar-refractivity contribution >= 4 is 46.0 Å². The Labute approximate surface area is 604 Å². The van der Waals surface area contributed by atoms with Crippen molar-refractivity contribution in [2.24, 2.45) is 0 Å². The van der Waals surface area contributed by atoms with E-state index < -0.39 is 76.8 Å². The van der Waals surface area contributed by atoms with Crippen molar-refractivity contribution in [2.75, 3.05) is 52.6 Å². The Morgan fingerprint density at radius 3 is 1.88 bits per heavy atom. The van der Waals surface area contributed by atoms with Gasteiger partial charge >= 0.3 is 20.3 Å². The van der Waals surface area contributed by atoms with Crippen LogP contribution in [0.1, 0.15) is 127 Å². The number of carbonyl (C=O) groups excluding carboxylic acids is 2. The smallest absolute Gasteiger partial charge is 0.333 e. The molecule has 25 nitrogen and oxygen atoms in total. The zero-order valence-corrected chi connectivity index (χ0v) is 60.5. The van der Waals surface area contributed by atoms with Gasteiger partial charge in [0.2, 0.25) is 0 Å². The van der Waals surface area contributed by atoms with E-state index in [9.17, 15) is 29.7 Å². The van der Waals surface area contributed by atoms with Gasteiger partial charge in [0.25, 0.3) is 20.0 Å². The lowest BCUT2D eigenvalue weighted by molar-refractivity contribution is -0.143. The van der Waals surface area contributed by atoms with Crippen molar-refractivity contribution in [1.29, 1.82) is 10.5 Å². The fourth-order valence-corrected chi connectivity index (χ4v) is 16.3. The van der Waals surface area contributed by atoms with Gasteiger partial charge in [-0.1, -0.05) is 115 Å². The second kappa shape index (κ2) is 34.4. The summed E-state index contributed by atoms with van der Waals surface area (Å²) in [6, 6.07) is 52.5. The summed E-state index contributed by atoms with van der Waals surface area (Å²) in [6.45, 7) is 9.63. The van der Waals surface area contributed by atoms with Gasteiger partial charge in [-0.3, -0.25) is 28.5 Å². The van der Waals surface area contributed by atoms with E-state index in [0.717, 1.165) is 44.5 Å². The molecule has 1 aliphatic carbocycles. The lowest BCUT2D eigenvalue weighted by Gasteiger charge is -2.37. The standard InChI is InChI=1S/C77H82N10O15P2/c1-49(2)87(50(3)4)103(96-39-15-37-78)101-64-41-69(86-48-82-71-72(80-47-81-73(71)86)83-75(90)53-26-23-52(24-27-53)25-36-70(88)94-44-63-61-21-13-11-19-59(61)60-20-12-14-22-62(60)63)100-67(64)46-98-104(97-40-16-38-79)102-65-42-68(85-43-51(5)74(89)84-76(85)91)99-66(65)45-95-77(54-17-9-8-10-18-54,55-28-32-57(92-6)33-29-55)56-30-34-58(93-7)35-31-56/h8-14,17-24,26-35,43,47-50,63-69H,15-16,25,36,39-42,44-46H2,1-7H3,(H,84,89,91)(H,80,81,83,90). The minimum atomic E-state index is -2.41. The van der Waals surface area contributed by atoms with Gasteiger partial charge in [-0.15, -0.1) is 0 Å². The Balaban J connectivity index is 0.787. The van der Waals surface area contributed by atoms with Gasteiger partial charge in [-0.05, 0) is 122 Å². The molecule has 540 valence electrons. The third kappa shape index (κ3) is 16.9. The number of benzene rings is 6. The van der Waals surface area contributed by atoms with E-state index in [2.05, 4.69) is 61.3 Å². The molecule has 2 saturated heterocycles. The predicted octanol–water partition coefficient (Wildman–Crippen LogP) is 13.0. The van der Waals surface area contributed by atoms with E-state index in [1.807, 2.05) is 131 Å². The summed E-state index contributed by atoms with van der Waals surface area (Å²) in [5.74, 6) is 0.601. The Kier molecular flexibility index (Phi) is 24.6. The maximum absolute atomic E-state index is 14.0. The summed E-state index contributed by atoms with van der Waals surface area (Å²) in [7, 11) is -1.06. The molecule has 9 aromatic rings. The van der Waals surface area contributed by atoms with Crippen molar-refractivity contribution in [3.05, 3.63) is 236 Å². The summed E-state index contributed by atoms with van der Waals surface area (Å²) in [5, 5.41) is 22.4. The van der Waals surface area contributed by atoms with Crippen LogP contribution in [-0.4, -0.2) is 129 Å². The molecule has 2 aliphatic heterocycles. The van der Waals surface area contributed by atoms with Crippen molar-refractivity contribution in [2.45, 2.75) is 134 Å². The first-order valence-electron chi connectivity index (χ1n) is 34.5. The molecule has 0 spiro atoms. The summed E-state index contributed by atoms with van der Waals surface area (Å²) in [5.41, 5.74) is 6.42. The summed E-state index contributed by atoms with van der Waals surface area (Å²) in [6.07, 6.45) is -0.0826. The van der Waals surface area contributed by atoms with Gasteiger partial charge in [0.1, 0.15) is 54.7 Å². The number of hydrogen-bond donors (Lipinski definition) is 2. The number of nitrogens with zero attached hydrogens (tertiary/aromatic N) is 8. The zero-order valence-electron chi connectivity index (χ0n) is 58.7. The van der Waals surface area contributed by atoms with Crippen LogP contribution in [0.2, 0.25) is 0 Å². The lowest BCUT2D eigenvalue weighted by Crippen LogP contribution is -2.38. The number of esters is 1. The number of ether oxygens (including phenoxy) is 6. The van der Waals surface area contributed by atoms with Crippen LogP contribution in [-0.2, 0) is 58.4 Å². The zero-order chi connectivity index (χ0) is 72.9. The molecule has 104 heavy (non-hydrogen) atoms. The van der Waals surface area contributed by atoms with Gasteiger partial charge in [0.05, 0.1) is 84.2 Å². The maximum atomic E-state index is 14.0. The summed E-state index contributed by atoms with van der Waals surface area (Å²) in [4.78, 5) is 69.8. The van der Waals surface area contributed by atoms with Crippen LogP contribution in [0.3, 0.4) is 0 Å². The molecule has 3 aromatic heterocycles. The number of amides is 1. The number of aryl methyl sites for hydroxylation is 2. The van der Waals surface area contributed by atoms with Gasteiger partial charge in [0, 0.05) is 54.6 Å². The van der Waals surface area contributed by atoms with Gasteiger partial charge in [0.15, 0.2) is 17.0 Å². The Hall–Kier alpha value is -9.43. The second-order valence-corrected chi connectivity index (χ2v) is 28.3. The Morgan fingerprint density at radius 1 is 0.683 bits per heavy atom. The minimum Gasteiger partial charge on any atom is -0.497 e. The SMILES string of the molecule is COc1ccc(C(OCC2OC(n3cc(C)c(=O)[nH]c3=O)CC2OP(OCCC#N)OCC2OC(n3cnc4c(NC(=O)c5ccc(CCC(=O)OCC6c7ccccc7-c7ccccc76)cc5)ncnc43)CC2OP(OCCC#N)N(C(C)C)C(C)C)(c2ccccc2)c2ccc(OC)cc2)cc1. The average molecular weight is 1450 g/mol. The van der Waals surface area contributed by atoms with E-state index >= 15 is 0 Å². The van der Waals surface area contributed by atoms with E-state index in [1.54, 1.807) is 56.3 Å². The Bertz CT molecular complexity index is 4530. The van der Waals surface area contributed by atoms with Crippen molar-refractivity contribution in [3.8, 4) is 34.8 Å². The van der Waals surface area contributed by atoms with Crippen molar-refractivity contribution in [1.82, 2.24) is 33.7 Å². The number of imidazole rings is 1. The monoisotopic (exact) mass is 1450 g/mol. The quantitative estimate of drug-likeness (QED) is 0.0167. The number of methoxy groups -OCH3 is 2. The molecule has 1 amide bonds. The number of nitrogens with one attached hydrogen (secondary N) is 2. The molecule has 3 aliphatic rings. The number of aromatic nitrogens is 6. The molecule has 2 N–H and O–H groups in total. The minimum absolute atomic E-state index is 0.0205. The number of anilines is 1. The van der Waals surface area contributed by atoms with E-state index in [-0.39, 0.29) is 106 Å². The topological polar surface area (TPSA) is 297 Å². The maximum Gasteiger partial charge on any atom is 0.333 e. The van der Waals surface area contributed by atoms with Crippen molar-refractivity contribution in [3.63, 3.8) is 0 Å². The lowest BCUT2D eigenvalue weighted by atomic mass is 9.80. The molecule has 8 atom stereocenters. The highest BCUT2D eigenvalue weighted by atomic mass is 31.2. The largest absolute Gasteiger partial charge is 0.497 e. The number of nitriles is 2. The van der Waals surface area contributed by atoms with Crippen LogP contribution in [0.25, 0.3) is 22.3 Å². The van der Waals surface area contributed by atoms with E-state index in [1.165, 1.54) is 17.1 Å². The third-order valence-electron chi connectivity index (χ3n) is 18.4. The number of carbonyl (C=O) groups is 2. The number of aromatic amines is 1. The van der Waals surface area contributed by atoms with Crippen molar-refractivity contribution < 1.29 is 60.6 Å². The van der Waals surface area contributed by atoms with Crippen LogP contribution < -0.4 is 26.0 Å². The van der Waals surface area contributed by atoms with Gasteiger partial charge < -0.3 is 56.4 Å². The number of rotatable bonds is 33. The van der Waals surface area contributed by atoms with Gasteiger partial charge in [-0.2, -0.15) is 10.5 Å². The number of H-pyrrole nitrogens is 1. The highest BCUT2D eigenvalue weighted by Crippen LogP contribution is 2.53. The summed E-state index contributed by atoms with van der Waals surface area (Å²) < 4.78 is 76.9. The second-order valence-electron chi connectivity index (χ2n) is 25.7.